The van der Waals surface area contributed by atoms with Crippen LogP contribution in [0.25, 0.3) is 11.5 Å². The first-order valence-electron chi connectivity index (χ1n) is 6.04. The van der Waals surface area contributed by atoms with Crippen molar-refractivity contribution < 1.29 is 22.3 Å². The summed E-state index contributed by atoms with van der Waals surface area (Å²) in [6.45, 7) is 1.55. The fraction of sp³-hybridized carbons (Fsp3) is 0.308. The summed E-state index contributed by atoms with van der Waals surface area (Å²) in [5, 5.41) is 9.24. The van der Waals surface area contributed by atoms with Gasteiger partial charge in [-0.15, -0.1) is 0 Å². The quantitative estimate of drug-likeness (QED) is 0.658. The molecule has 118 valence electrons. The summed E-state index contributed by atoms with van der Waals surface area (Å²) in [7, 11) is 0. The monoisotopic (exact) mass is 440 g/mol. The molecule has 0 atom stereocenters. The number of halogens is 5. The number of hydrogen-bond donors (Lipinski definition) is 0. The SMILES string of the molecule is CCOCn1c(-c2ccc(Br)o2)c(C#N)c(Br)c1C(F)(F)F. The molecule has 2 aromatic rings. The lowest BCUT2D eigenvalue weighted by atomic mass is 10.2. The van der Waals surface area contributed by atoms with Gasteiger partial charge in [0.25, 0.3) is 0 Å². The van der Waals surface area contributed by atoms with Crippen LogP contribution in [0.3, 0.4) is 0 Å². The van der Waals surface area contributed by atoms with Gasteiger partial charge in [-0.3, -0.25) is 0 Å². The summed E-state index contributed by atoms with van der Waals surface area (Å²) >= 11 is 5.97. The number of nitrogens with zero attached hydrogens (tertiary/aromatic N) is 2. The molecule has 0 radical (unpaired) electrons. The number of hydrogen-bond acceptors (Lipinski definition) is 3. The van der Waals surface area contributed by atoms with Crippen LogP contribution >= 0.6 is 31.9 Å². The maximum Gasteiger partial charge on any atom is 0.432 e. The van der Waals surface area contributed by atoms with Gasteiger partial charge in [0.2, 0.25) is 0 Å². The summed E-state index contributed by atoms with van der Waals surface area (Å²) in [5.74, 6) is 0.138. The summed E-state index contributed by atoms with van der Waals surface area (Å²) in [5.41, 5.74) is -1.13. The van der Waals surface area contributed by atoms with Gasteiger partial charge >= 0.3 is 6.18 Å². The molecule has 9 heteroatoms. The minimum Gasteiger partial charge on any atom is -0.448 e. The first-order chi connectivity index (χ1) is 10.3. The maximum atomic E-state index is 13.3. The number of rotatable bonds is 4. The van der Waals surface area contributed by atoms with Crippen molar-refractivity contribution in [3.8, 4) is 17.5 Å². The van der Waals surface area contributed by atoms with E-state index in [0.29, 0.717) is 4.67 Å². The standard InChI is InChI=1S/C13H9Br2F3N2O2/c1-2-21-6-20-11(8-3-4-9(14)22-8)7(5-19)10(15)12(20)13(16,17)18/h3-4H,2,6H2,1H3. The van der Waals surface area contributed by atoms with Crippen molar-refractivity contribution in [3.63, 3.8) is 0 Å². The van der Waals surface area contributed by atoms with E-state index in [4.69, 9.17) is 9.15 Å². The van der Waals surface area contributed by atoms with Gasteiger partial charge in [0, 0.05) is 6.61 Å². The Balaban J connectivity index is 2.77. The third-order valence-corrected chi connectivity index (χ3v) is 4.01. The molecule has 0 unspecified atom stereocenters. The lowest BCUT2D eigenvalue weighted by Crippen LogP contribution is -2.16. The van der Waals surface area contributed by atoms with Crippen LogP contribution in [0.15, 0.2) is 25.7 Å². The molecule has 2 heterocycles. The Morgan fingerprint density at radius 3 is 2.50 bits per heavy atom. The van der Waals surface area contributed by atoms with Gasteiger partial charge in [0.1, 0.15) is 24.2 Å². The van der Waals surface area contributed by atoms with Crippen LogP contribution in [0.5, 0.6) is 0 Å². The normalized spacial score (nSPS) is 11.7. The Kier molecular flexibility index (Phi) is 5.04. The second kappa shape index (κ2) is 6.48. The largest absolute Gasteiger partial charge is 0.448 e. The van der Waals surface area contributed by atoms with Gasteiger partial charge in [-0.05, 0) is 50.9 Å². The van der Waals surface area contributed by atoms with Crippen molar-refractivity contribution in [2.75, 3.05) is 6.61 Å². The van der Waals surface area contributed by atoms with Crippen molar-refractivity contribution in [2.45, 2.75) is 19.8 Å². The number of furan rings is 1. The fourth-order valence-corrected chi connectivity index (χ4v) is 3.00. The average Bonchev–Trinajstić information content (AvgIpc) is 2.96. The van der Waals surface area contributed by atoms with Gasteiger partial charge in [-0.1, -0.05) is 0 Å². The van der Waals surface area contributed by atoms with Crippen molar-refractivity contribution in [2.24, 2.45) is 0 Å². The second-order valence-corrected chi connectivity index (χ2v) is 5.72. The maximum absolute atomic E-state index is 13.3. The highest BCUT2D eigenvalue weighted by Gasteiger charge is 2.41. The Morgan fingerprint density at radius 2 is 2.05 bits per heavy atom. The van der Waals surface area contributed by atoms with Crippen LogP contribution in [-0.2, 0) is 17.6 Å². The molecule has 0 saturated carbocycles. The van der Waals surface area contributed by atoms with Crippen molar-refractivity contribution >= 4 is 31.9 Å². The molecule has 22 heavy (non-hydrogen) atoms. The highest BCUT2D eigenvalue weighted by molar-refractivity contribution is 9.10. The summed E-state index contributed by atoms with van der Waals surface area (Å²) in [4.78, 5) is 0. The third-order valence-electron chi connectivity index (χ3n) is 2.82. The minimum absolute atomic E-state index is 0.0147. The fourth-order valence-electron chi connectivity index (χ4n) is 1.98. The highest BCUT2D eigenvalue weighted by atomic mass is 79.9. The van der Waals surface area contributed by atoms with E-state index in [1.54, 1.807) is 13.0 Å². The molecule has 0 spiro atoms. The Bertz CT molecular complexity index is 729. The summed E-state index contributed by atoms with van der Waals surface area (Å²) in [6, 6.07) is 4.80. The Hall–Kier alpha value is -1.24. The molecule has 2 aromatic heterocycles. The number of nitriles is 1. The van der Waals surface area contributed by atoms with E-state index >= 15 is 0 Å². The molecule has 4 nitrogen and oxygen atoms in total. The zero-order chi connectivity index (χ0) is 16.5. The Morgan fingerprint density at radius 1 is 1.36 bits per heavy atom. The van der Waals surface area contributed by atoms with Crippen molar-refractivity contribution in [1.29, 1.82) is 5.26 Å². The Labute approximate surface area is 140 Å². The van der Waals surface area contributed by atoms with Crippen LogP contribution in [0, 0.1) is 11.3 Å². The van der Waals surface area contributed by atoms with E-state index in [2.05, 4.69) is 31.9 Å². The van der Waals surface area contributed by atoms with Gasteiger partial charge in [-0.2, -0.15) is 18.4 Å². The number of aromatic nitrogens is 1. The molecular formula is C13H9Br2F3N2O2. The molecule has 0 aliphatic rings. The third kappa shape index (κ3) is 3.09. The zero-order valence-electron chi connectivity index (χ0n) is 11.2. The van der Waals surface area contributed by atoms with Gasteiger partial charge < -0.3 is 13.7 Å². The van der Waals surface area contributed by atoms with Crippen LogP contribution in [0.2, 0.25) is 0 Å². The molecule has 0 amide bonds. The van der Waals surface area contributed by atoms with E-state index < -0.39 is 11.9 Å². The molecule has 0 fully saturated rings. The van der Waals surface area contributed by atoms with Gasteiger partial charge in [-0.25, -0.2) is 0 Å². The van der Waals surface area contributed by atoms with Crippen molar-refractivity contribution in [1.82, 2.24) is 4.57 Å². The van der Waals surface area contributed by atoms with E-state index in [-0.39, 0.29) is 34.8 Å². The van der Waals surface area contributed by atoms with Crippen LogP contribution in [0.4, 0.5) is 13.2 Å². The highest BCUT2D eigenvalue weighted by Crippen LogP contribution is 2.43. The first-order valence-corrected chi connectivity index (χ1v) is 7.62. The predicted molar refractivity (Wildman–Crippen MR) is 78.9 cm³/mol. The minimum atomic E-state index is -4.65. The molecular weight excluding hydrogens is 433 g/mol. The molecule has 0 saturated heterocycles. The molecule has 0 aliphatic heterocycles. The first kappa shape index (κ1) is 17.1. The van der Waals surface area contributed by atoms with E-state index in [1.807, 2.05) is 0 Å². The summed E-state index contributed by atoms with van der Waals surface area (Å²) < 4.78 is 51.3. The molecule has 0 bridgehead atoms. The van der Waals surface area contributed by atoms with E-state index in [0.717, 1.165) is 4.57 Å². The smallest absolute Gasteiger partial charge is 0.432 e. The van der Waals surface area contributed by atoms with E-state index in [9.17, 15) is 18.4 Å². The molecule has 2 rings (SSSR count). The zero-order valence-corrected chi connectivity index (χ0v) is 14.3. The van der Waals surface area contributed by atoms with Crippen molar-refractivity contribution in [3.05, 3.63) is 32.5 Å². The topological polar surface area (TPSA) is 51.1 Å². The van der Waals surface area contributed by atoms with Crippen LogP contribution < -0.4 is 0 Å². The summed E-state index contributed by atoms with van der Waals surface area (Å²) in [6.07, 6.45) is -4.65. The van der Waals surface area contributed by atoms with Gasteiger partial charge in [0.05, 0.1) is 10.0 Å². The lowest BCUT2D eigenvalue weighted by molar-refractivity contribution is -0.146. The van der Waals surface area contributed by atoms with Gasteiger partial charge in [0.15, 0.2) is 10.4 Å². The van der Waals surface area contributed by atoms with E-state index in [1.165, 1.54) is 12.1 Å². The lowest BCUT2D eigenvalue weighted by Gasteiger charge is -2.14. The van der Waals surface area contributed by atoms with Crippen LogP contribution in [0.1, 0.15) is 18.2 Å². The molecule has 0 N–H and O–H groups in total. The number of ether oxygens (including phenoxy) is 1. The number of alkyl halides is 3. The van der Waals surface area contributed by atoms with Crippen LogP contribution in [-0.4, -0.2) is 11.2 Å². The predicted octanol–water partition coefficient (Wildman–Crippen LogP) is 5.16. The average molecular weight is 442 g/mol. The molecule has 0 aromatic carbocycles. The molecule has 0 aliphatic carbocycles. The second-order valence-electron chi connectivity index (χ2n) is 4.15.